The van der Waals surface area contributed by atoms with Gasteiger partial charge in [0.1, 0.15) is 5.78 Å². The van der Waals surface area contributed by atoms with Gasteiger partial charge in [-0.1, -0.05) is 6.92 Å². The number of piperidine rings is 1. The molecule has 0 spiro atoms. The van der Waals surface area contributed by atoms with Gasteiger partial charge in [-0.2, -0.15) is 0 Å². The van der Waals surface area contributed by atoms with Gasteiger partial charge < -0.3 is 9.80 Å². The van der Waals surface area contributed by atoms with Crippen molar-refractivity contribution in [2.45, 2.75) is 39.2 Å². The van der Waals surface area contributed by atoms with Crippen LogP contribution < -0.4 is 0 Å². The molecule has 0 saturated carbocycles. The molecule has 1 fully saturated rings. The van der Waals surface area contributed by atoms with Gasteiger partial charge in [-0.3, -0.25) is 9.59 Å². The summed E-state index contributed by atoms with van der Waals surface area (Å²) in [7, 11) is 1.82. The van der Waals surface area contributed by atoms with E-state index in [2.05, 4.69) is 11.8 Å². The van der Waals surface area contributed by atoms with Crippen LogP contribution in [0.2, 0.25) is 0 Å². The van der Waals surface area contributed by atoms with E-state index in [0.29, 0.717) is 6.04 Å². The topological polar surface area (TPSA) is 40.6 Å². The van der Waals surface area contributed by atoms with Crippen molar-refractivity contribution in [3.05, 3.63) is 0 Å². The molecule has 4 nitrogen and oxygen atoms in total. The number of hydrogen-bond acceptors (Lipinski definition) is 3. The van der Waals surface area contributed by atoms with E-state index in [1.807, 2.05) is 7.05 Å². The molecule has 16 heavy (non-hydrogen) atoms. The number of likely N-dealkylation sites (tertiary alicyclic amines) is 1. The summed E-state index contributed by atoms with van der Waals surface area (Å²) in [5, 5.41) is 0. The zero-order valence-corrected chi connectivity index (χ0v) is 10.5. The molecule has 0 N–H and O–H groups in total. The van der Waals surface area contributed by atoms with Crippen LogP contribution >= 0.6 is 0 Å². The lowest BCUT2D eigenvalue weighted by molar-refractivity contribution is -0.136. The molecule has 0 atom stereocenters. The number of carbonyl (C=O) groups excluding carboxylic acids is 2. The zero-order chi connectivity index (χ0) is 12.1. The van der Waals surface area contributed by atoms with Crippen LogP contribution in [0.5, 0.6) is 0 Å². The summed E-state index contributed by atoms with van der Waals surface area (Å²) in [4.78, 5) is 26.7. The highest BCUT2D eigenvalue weighted by molar-refractivity contribution is 5.96. The van der Waals surface area contributed by atoms with Crippen LogP contribution in [0.3, 0.4) is 0 Å². The first kappa shape index (κ1) is 13.2. The molecular formula is C12H22N2O2. The molecule has 1 amide bonds. The van der Waals surface area contributed by atoms with E-state index in [0.717, 1.165) is 32.5 Å². The molecule has 0 unspecified atom stereocenters. The summed E-state index contributed by atoms with van der Waals surface area (Å²) in [5.41, 5.74) is 0. The maximum absolute atomic E-state index is 11.7. The van der Waals surface area contributed by atoms with Crippen molar-refractivity contribution < 1.29 is 9.59 Å². The largest absolute Gasteiger partial charge is 0.342 e. The standard InChI is InChI=1S/C12H22N2O2/c1-4-14-7-5-11(6-8-14)13(3)12(16)9-10(2)15/h11H,4-9H2,1-3H3. The zero-order valence-electron chi connectivity index (χ0n) is 10.5. The molecule has 0 aliphatic carbocycles. The summed E-state index contributed by atoms with van der Waals surface area (Å²) in [6, 6.07) is 0.314. The second-order valence-corrected chi connectivity index (χ2v) is 4.55. The van der Waals surface area contributed by atoms with Gasteiger partial charge >= 0.3 is 0 Å². The Morgan fingerprint density at radius 2 is 1.88 bits per heavy atom. The van der Waals surface area contributed by atoms with Crippen LogP contribution in [0, 0.1) is 0 Å². The van der Waals surface area contributed by atoms with E-state index in [-0.39, 0.29) is 18.1 Å². The Hall–Kier alpha value is -0.900. The Balaban J connectivity index is 2.40. The number of nitrogens with zero attached hydrogens (tertiary/aromatic N) is 2. The average Bonchev–Trinajstić information content (AvgIpc) is 2.27. The van der Waals surface area contributed by atoms with Gasteiger partial charge in [0, 0.05) is 26.2 Å². The third kappa shape index (κ3) is 3.59. The van der Waals surface area contributed by atoms with E-state index in [4.69, 9.17) is 0 Å². The Morgan fingerprint density at radius 1 is 1.31 bits per heavy atom. The lowest BCUT2D eigenvalue weighted by atomic mass is 10.0. The fourth-order valence-corrected chi connectivity index (χ4v) is 2.16. The quantitative estimate of drug-likeness (QED) is 0.669. The molecule has 1 aliphatic rings. The van der Waals surface area contributed by atoms with Crippen LogP contribution in [-0.2, 0) is 9.59 Å². The molecule has 0 aromatic rings. The van der Waals surface area contributed by atoms with Crippen LogP contribution in [0.15, 0.2) is 0 Å². The summed E-state index contributed by atoms with van der Waals surface area (Å²) in [6.07, 6.45) is 2.09. The first-order valence-electron chi connectivity index (χ1n) is 6.02. The number of amides is 1. The van der Waals surface area contributed by atoms with Crippen molar-refractivity contribution in [2.75, 3.05) is 26.7 Å². The van der Waals surface area contributed by atoms with Crippen molar-refractivity contribution in [3.63, 3.8) is 0 Å². The Morgan fingerprint density at radius 3 is 2.31 bits per heavy atom. The lowest BCUT2D eigenvalue weighted by Gasteiger charge is -2.36. The van der Waals surface area contributed by atoms with Crippen molar-refractivity contribution in [1.82, 2.24) is 9.80 Å². The minimum atomic E-state index is -0.0529. The monoisotopic (exact) mass is 226 g/mol. The van der Waals surface area contributed by atoms with Crippen LogP contribution in [0.4, 0.5) is 0 Å². The summed E-state index contributed by atoms with van der Waals surface area (Å²) >= 11 is 0. The van der Waals surface area contributed by atoms with Crippen molar-refractivity contribution in [2.24, 2.45) is 0 Å². The van der Waals surface area contributed by atoms with E-state index in [1.54, 1.807) is 4.90 Å². The minimum absolute atomic E-state index is 0.0394. The highest BCUT2D eigenvalue weighted by Gasteiger charge is 2.24. The van der Waals surface area contributed by atoms with Crippen molar-refractivity contribution in [1.29, 1.82) is 0 Å². The molecule has 1 aliphatic heterocycles. The normalized spacial score (nSPS) is 18.4. The third-order valence-electron chi connectivity index (χ3n) is 3.35. The predicted molar refractivity (Wildman–Crippen MR) is 63.2 cm³/mol. The molecule has 1 rings (SSSR count). The Labute approximate surface area is 97.6 Å². The number of Topliss-reactive ketones (excluding diaryl/α,β-unsaturated/α-hetero) is 1. The highest BCUT2D eigenvalue weighted by atomic mass is 16.2. The molecule has 4 heteroatoms. The second-order valence-electron chi connectivity index (χ2n) is 4.55. The summed E-state index contributed by atoms with van der Waals surface area (Å²) < 4.78 is 0. The molecule has 92 valence electrons. The first-order chi connectivity index (χ1) is 7.54. The first-order valence-corrected chi connectivity index (χ1v) is 6.02. The molecular weight excluding hydrogens is 204 g/mol. The van der Waals surface area contributed by atoms with Crippen molar-refractivity contribution >= 4 is 11.7 Å². The molecule has 0 radical (unpaired) electrons. The van der Waals surface area contributed by atoms with Crippen molar-refractivity contribution in [3.8, 4) is 0 Å². The van der Waals surface area contributed by atoms with Gasteiger partial charge in [0.2, 0.25) is 5.91 Å². The summed E-state index contributed by atoms with van der Waals surface area (Å²) in [5.74, 6) is -0.0923. The molecule has 1 heterocycles. The fourth-order valence-electron chi connectivity index (χ4n) is 2.16. The van der Waals surface area contributed by atoms with Gasteiger partial charge in [-0.05, 0) is 26.3 Å². The minimum Gasteiger partial charge on any atom is -0.342 e. The number of carbonyl (C=O) groups is 2. The van der Waals surface area contributed by atoms with Crippen LogP contribution in [0.1, 0.15) is 33.1 Å². The van der Waals surface area contributed by atoms with Gasteiger partial charge in [0.25, 0.3) is 0 Å². The second kappa shape index (κ2) is 5.99. The van der Waals surface area contributed by atoms with Crippen LogP contribution in [-0.4, -0.2) is 54.2 Å². The molecule has 0 bridgehead atoms. The Bertz CT molecular complexity index is 258. The summed E-state index contributed by atoms with van der Waals surface area (Å²) in [6.45, 7) is 6.81. The maximum Gasteiger partial charge on any atom is 0.229 e. The molecule has 0 aromatic carbocycles. The van der Waals surface area contributed by atoms with E-state index >= 15 is 0 Å². The van der Waals surface area contributed by atoms with E-state index in [1.165, 1.54) is 6.92 Å². The SMILES string of the molecule is CCN1CCC(N(C)C(=O)CC(C)=O)CC1. The number of rotatable bonds is 4. The van der Waals surface area contributed by atoms with Gasteiger partial charge in [-0.15, -0.1) is 0 Å². The maximum atomic E-state index is 11.7. The lowest BCUT2D eigenvalue weighted by Crippen LogP contribution is -2.45. The van der Waals surface area contributed by atoms with E-state index in [9.17, 15) is 9.59 Å². The number of ketones is 1. The van der Waals surface area contributed by atoms with E-state index < -0.39 is 0 Å². The third-order valence-corrected chi connectivity index (χ3v) is 3.35. The molecule has 0 aromatic heterocycles. The van der Waals surface area contributed by atoms with Gasteiger partial charge in [0.15, 0.2) is 0 Å². The predicted octanol–water partition coefficient (Wildman–Crippen LogP) is 0.908. The Kier molecular flexibility index (Phi) is 4.93. The van der Waals surface area contributed by atoms with Gasteiger partial charge in [-0.25, -0.2) is 0 Å². The highest BCUT2D eigenvalue weighted by Crippen LogP contribution is 2.15. The smallest absolute Gasteiger partial charge is 0.229 e. The fraction of sp³-hybridized carbons (Fsp3) is 0.833. The van der Waals surface area contributed by atoms with Crippen LogP contribution in [0.25, 0.3) is 0 Å². The average molecular weight is 226 g/mol. The number of hydrogen-bond donors (Lipinski definition) is 0. The van der Waals surface area contributed by atoms with Gasteiger partial charge in [0.05, 0.1) is 6.42 Å². The molecule has 1 saturated heterocycles.